The molecule has 138 valence electrons. The van der Waals surface area contributed by atoms with Crippen molar-refractivity contribution in [2.75, 3.05) is 18.5 Å². The highest BCUT2D eigenvalue weighted by Crippen LogP contribution is 2.27. The van der Waals surface area contributed by atoms with Gasteiger partial charge in [0.1, 0.15) is 13.2 Å². The van der Waals surface area contributed by atoms with E-state index in [1.165, 1.54) is 0 Å². The average molecular weight is 363 g/mol. The van der Waals surface area contributed by atoms with Crippen LogP contribution in [0.4, 0.5) is 5.69 Å². The van der Waals surface area contributed by atoms with Crippen molar-refractivity contribution in [1.29, 1.82) is 0 Å². The molecule has 5 nitrogen and oxygen atoms in total. The largest absolute Gasteiger partial charge is 0.487 e. The lowest BCUT2D eigenvalue weighted by Gasteiger charge is -2.12. The first kappa shape index (κ1) is 18.5. The number of nitrogens with one attached hydrogen (secondary N) is 1. The Balaban J connectivity index is 1.65. The summed E-state index contributed by atoms with van der Waals surface area (Å²) < 4.78 is 11.3. The van der Waals surface area contributed by atoms with E-state index in [9.17, 15) is 4.79 Å². The molecule has 3 aromatic carbocycles. The second-order valence-corrected chi connectivity index (χ2v) is 5.83. The van der Waals surface area contributed by atoms with Crippen molar-refractivity contribution in [2.45, 2.75) is 6.61 Å². The van der Waals surface area contributed by atoms with Crippen LogP contribution in [0.3, 0.4) is 0 Å². The smallest absolute Gasteiger partial charge is 0.255 e. The third-order valence-electron chi connectivity index (χ3n) is 3.81. The maximum Gasteiger partial charge on any atom is 0.255 e. The van der Waals surface area contributed by atoms with E-state index in [1.807, 2.05) is 54.6 Å². The fourth-order valence-electron chi connectivity index (χ4n) is 2.53. The number of aliphatic hydroxyl groups excluding tert-OH is 1. The summed E-state index contributed by atoms with van der Waals surface area (Å²) in [5, 5.41) is 11.8. The minimum absolute atomic E-state index is 0.0626. The van der Waals surface area contributed by atoms with E-state index < -0.39 is 0 Å². The normalized spacial score (nSPS) is 10.3. The minimum Gasteiger partial charge on any atom is -0.487 e. The van der Waals surface area contributed by atoms with Crippen LogP contribution in [0, 0.1) is 0 Å². The van der Waals surface area contributed by atoms with Gasteiger partial charge < -0.3 is 19.9 Å². The molecule has 0 saturated heterocycles. The Morgan fingerprint density at radius 2 is 1.56 bits per heavy atom. The number of para-hydroxylation sites is 3. The Labute approximate surface area is 158 Å². The molecule has 1 amide bonds. The SMILES string of the molecule is O=C(Nc1ccccc1)c1cccc(COc2ccccc2OCCO)c1. The molecular weight excluding hydrogens is 342 g/mol. The topological polar surface area (TPSA) is 67.8 Å². The standard InChI is InChI=1S/C22H21NO4/c24-13-14-26-20-11-4-5-12-21(20)27-16-17-7-6-8-18(15-17)22(25)23-19-9-2-1-3-10-19/h1-12,15,24H,13-14,16H2,(H,23,25). The van der Waals surface area contributed by atoms with Crippen molar-refractivity contribution in [3.8, 4) is 11.5 Å². The molecule has 0 bridgehead atoms. The summed E-state index contributed by atoms with van der Waals surface area (Å²) in [5.41, 5.74) is 2.18. The van der Waals surface area contributed by atoms with Crippen LogP contribution in [0.1, 0.15) is 15.9 Å². The van der Waals surface area contributed by atoms with E-state index in [2.05, 4.69) is 5.32 Å². The predicted octanol–water partition coefficient (Wildman–Crippen LogP) is 3.89. The first-order chi connectivity index (χ1) is 13.3. The molecule has 27 heavy (non-hydrogen) atoms. The number of rotatable bonds is 8. The molecule has 0 saturated carbocycles. The lowest BCUT2D eigenvalue weighted by Crippen LogP contribution is -2.12. The highest BCUT2D eigenvalue weighted by molar-refractivity contribution is 6.04. The van der Waals surface area contributed by atoms with Crippen LogP contribution in [0.2, 0.25) is 0 Å². The number of benzene rings is 3. The van der Waals surface area contributed by atoms with Crippen LogP contribution in [0.15, 0.2) is 78.9 Å². The molecule has 0 fully saturated rings. The third kappa shape index (κ3) is 5.33. The predicted molar refractivity (Wildman–Crippen MR) is 104 cm³/mol. The van der Waals surface area contributed by atoms with Crippen LogP contribution in [0.25, 0.3) is 0 Å². The van der Waals surface area contributed by atoms with Gasteiger partial charge in [0.15, 0.2) is 11.5 Å². The van der Waals surface area contributed by atoms with Crippen molar-refractivity contribution >= 4 is 11.6 Å². The second kappa shape index (κ2) is 9.40. The number of ether oxygens (including phenoxy) is 2. The molecule has 0 unspecified atom stereocenters. The highest BCUT2D eigenvalue weighted by Gasteiger charge is 2.08. The zero-order valence-corrected chi connectivity index (χ0v) is 14.8. The summed E-state index contributed by atoms with van der Waals surface area (Å²) in [6.07, 6.45) is 0. The monoisotopic (exact) mass is 363 g/mol. The molecule has 2 N–H and O–H groups in total. The van der Waals surface area contributed by atoms with Gasteiger partial charge in [0.2, 0.25) is 0 Å². The molecular formula is C22H21NO4. The van der Waals surface area contributed by atoms with Gasteiger partial charge in [-0.1, -0.05) is 42.5 Å². The van der Waals surface area contributed by atoms with Crippen LogP contribution >= 0.6 is 0 Å². The Bertz CT molecular complexity index is 880. The zero-order valence-electron chi connectivity index (χ0n) is 14.8. The second-order valence-electron chi connectivity index (χ2n) is 5.83. The average Bonchev–Trinajstić information content (AvgIpc) is 2.72. The quantitative estimate of drug-likeness (QED) is 0.637. The lowest BCUT2D eigenvalue weighted by atomic mass is 10.1. The molecule has 0 radical (unpaired) electrons. The number of hydrogen-bond donors (Lipinski definition) is 2. The summed E-state index contributed by atoms with van der Waals surface area (Å²) >= 11 is 0. The molecule has 0 aliphatic carbocycles. The van der Waals surface area contributed by atoms with Crippen molar-refractivity contribution in [2.24, 2.45) is 0 Å². The zero-order chi connectivity index (χ0) is 18.9. The summed E-state index contributed by atoms with van der Waals surface area (Å²) in [5.74, 6) is 0.990. The summed E-state index contributed by atoms with van der Waals surface area (Å²) in [7, 11) is 0. The van der Waals surface area contributed by atoms with E-state index in [4.69, 9.17) is 14.6 Å². The Kier molecular flexibility index (Phi) is 6.44. The first-order valence-corrected chi connectivity index (χ1v) is 8.67. The van der Waals surface area contributed by atoms with Gasteiger partial charge in [0.05, 0.1) is 6.61 Å². The van der Waals surface area contributed by atoms with E-state index >= 15 is 0 Å². The van der Waals surface area contributed by atoms with Crippen molar-refractivity contribution in [3.63, 3.8) is 0 Å². The van der Waals surface area contributed by atoms with Gasteiger partial charge in [-0.3, -0.25) is 4.79 Å². The summed E-state index contributed by atoms with van der Waals surface area (Å²) in [6, 6.07) is 23.9. The molecule has 0 atom stereocenters. The van der Waals surface area contributed by atoms with Gasteiger partial charge in [-0.15, -0.1) is 0 Å². The number of anilines is 1. The number of carbonyl (C=O) groups excluding carboxylic acids is 1. The van der Waals surface area contributed by atoms with E-state index in [0.717, 1.165) is 11.3 Å². The van der Waals surface area contributed by atoms with E-state index in [0.29, 0.717) is 23.7 Å². The molecule has 0 aliphatic rings. The minimum atomic E-state index is -0.172. The maximum absolute atomic E-state index is 12.4. The van der Waals surface area contributed by atoms with Crippen molar-refractivity contribution in [1.82, 2.24) is 0 Å². The summed E-state index contributed by atoms with van der Waals surface area (Å²) in [6.45, 7) is 0.439. The number of amides is 1. The third-order valence-corrected chi connectivity index (χ3v) is 3.81. The fourth-order valence-corrected chi connectivity index (χ4v) is 2.53. The number of carbonyl (C=O) groups is 1. The lowest BCUT2D eigenvalue weighted by molar-refractivity contribution is 0.102. The van der Waals surface area contributed by atoms with E-state index in [1.54, 1.807) is 24.3 Å². The van der Waals surface area contributed by atoms with E-state index in [-0.39, 0.29) is 19.1 Å². The number of hydrogen-bond acceptors (Lipinski definition) is 4. The molecule has 3 rings (SSSR count). The van der Waals surface area contributed by atoms with Crippen LogP contribution < -0.4 is 14.8 Å². The van der Waals surface area contributed by atoms with Crippen LogP contribution in [0.5, 0.6) is 11.5 Å². The Morgan fingerprint density at radius 3 is 2.30 bits per heavy atom. The molecule has 0 aromatic heterocycles. The molecule has 3 aromatic rings. The van der Waals surface area contributed by atoms with Gasteiger partial charge in [-0.25, -0.2) is 0 Å². The maximum atomic E-state index is 12.4. The van der Waals surface area contributed by atoms with Gasteiger partial charge in [-0.05, 0) is 42.0 Å². The van der Waals surface area contributed by atoms with Gasteiger partial charge in [0.25, 0.3) is 5.91 Å². The number of aliphatic hydroxyl groups is 1. The molecule has 0 aliphatic heterocycles. The van der Waals surface area contributed by atoms with Crippen LogP contribution in [-0.4, -0.2) is 24.2 Å². The summed E-state index contributed by atoms with van der Waals surface area (Å²) in [4.78, 5) is 12.4. The first-order valence-electron chi connectivity index (χ1n) is 8.67. The fraction of sp³-hybridized carbons (Fsp3) is 0.136. The van der Waals surface area contributed by atoms with Crippen LogP contribution in [-0.2, 0) is 6.61 Å². The van der Waals surface area contributed by atoms with Gasteiger partial charge in [-0.2, -0.15) is 0 Å². The highest BCUT2D eigenvalue weighted by atomic mass is 16.5. The van der Waals surface area contributed by atoms with Crippen molar-refractivity contribution in [3.05, 3.63) is 90.0 Å². The Hall–Kier alpha value is -3.31. The molecule has 0 heterocycles. The Morgan fingerprint density at radius 1 is 0.852 bits per heavy atom. The van der Waals surface area contributed by atoms with Gasteiger partial charge in [0, 0.05) is 11.3 Å². The molecule has 0 spiro atoms. The molecule has 5 heteroatoms. The van der Waals surface area contributed by atoms with Gasteiger partial charge >= 0.3 is 0 Å². The van der Waals surface area contributed by atoms with Crippen molar-refractivity contribution < 1.29 is 19.4 Å².